The number of aliphatic imine (C=N–C) groups is 1. The Morgan fingerprint density at radius 3 is 2.73 bits per heavy atom. The molecule has 15 heavy (non-hydrogen) atoms. The van der Waals surface area contributed by atoms with E-state index < -0.39 is 0 Å². The fourth-order valence-corrected chi connectivity index (χ4v) is 2.72. The predicted octanol–water partition coefficient (Wildman–Crippen LogP) is 2.09. The predicted molar refractivity (Wildman–Crippen MR) is 64.0 cm³/mol. The third kappa shape index (κ3) is 2.84. The first-order chi connectivity index (χ1) is 7.25. The monoisotopic (exact) mass is 224 g/mol. The Morgan fingerprint density at radius 2 is 2.13 bits per heavy atom. The summed E-state index contributed by atoms with van der Waals surface area (Å²) in [6, 6.07) is 0.364. The molecular formula is C11H16N2OS. The van der Waals surface area contributed by atoms with E-state index in [2.05, 4.69) is 16.9 Å². The Hall–Kier alpha value is -0.770. The SMILES string of the molecule is C=C1CSC(C(=O)NC2CCCCC2)=N1. The van der Waals surface area contributed by atoms with Gasteiger partial charge in [-0.15, -0.1) is 0 Å². The Bertz CT molecular complexity index is 306. The van der Waals surface area contributed by atoms with Crippen molar-refractivity contribution < 1.29 is 4.79 Å². The number of carbonyl (C=O) groups is 1. The van der Waals surface area contributed by atoms with Crippen molar-refractivity contribution in [2.45, 2.75) is 38.1 Å². The molecule has 0 aromatic heterocycles. The average Bonchev–Trinajstić information content (AvgIpc) is 2.66. The molecule has 1 amide bonds. The molecule has 0 atom stereocenters. The molecule has 1 aliphatic carbocycles. The number of nitrogens with zero attached hydrogens (tertiary/aromatic N) is 1. The van der Waals surface area contributed by atoms with Crippen LogP contribution in [0.5, 0.6) is 0 Å². The van der Waals surface area contributed by atoms with Crippen LogP contribution in [0, 0.1) is 0 Å². The van der Waals surface area contributed by atoms with Crippen LogP contribution in [0.1, 0.15) is 32.1 Å². The van der Waals surface area contributed by atoms with Crippen LogP contribution in [0.15, 0.2) is 17.3 Å². The molecule has 1 heterocycles. The van der Waals surface area contributed by atoms with E-state index in [1.807, 2.05) is 0 Å². The summed E-state index contributed by atoms with van der Waals surface area (Å²) in [5, 5.41) is 3.64. The molecule has 1 fully saturated rings. The molecule has 0 saturated heterocycles. The number of rotatable bonds is 2. The van der Waals surface area contributed by atoms with Crippen molar-refractivity contribution in [1.82, 2.24) is 5.32 Å². The van der Waals surface area contributed by atoms with Crippen molar-refractivity contribution in [3.63, 3.8) is 0 Å². The second-order valence-electron chi connectivity index (χ2n) is 4.08. The highest BCUT2D eigenvalue weighted by molar-refractivity contribution is 8.16. The second-order valence-corrected chi connectivity index (χ2v) is 5.04. The maximum absolute atomic E-state index is 11.8. The van der Waals surface area contributed by atoms with Gasteiger partial charge in [0, 0.05) is 17.5 Å². The molecule has 0 aromatic carbocycles. The normalized spacial score (nSPS) is 22.7. The van der Waals surface area contributed by atoms with Crippen molar-refractivity contribution in [1.29, 1.82) is 0 Å². The lowest BCUT2D eigenvalue weighted by molar-refractivity contribution is -0.115. The molecule has 0 unspecified atom stereocenters. The van der Waals surface area contributed by atoms with E-state index in [-0.39, 0.29) is 5.91 Å². The van der Waals surface area contributed by atoms with Crippen molar-refractivity contribution >= 4 is 22.7 Å². The summed E-state index contributed by atoms with van der Waals surface area (Å²) < 4.78 is 0. The van der Waals surface area contributed by atoms with Crippen LogP contribution < -0.4 is 5.32 Å². The minimum absolute atomic E-state index is 0.00875. The van der Waals surface area contributed by atoms with E-state index in [0.29, 0.717) is 11.1 Å². The number of hydrogen-bond acceptors (Lipinski definition) is 3. The largest absolute Gasteiger partial charge is 0.348 e. The van der Waals surface area contributed by atoms with Crippen molar-refractivity contribution in [3.8, 4) is 0 Å². The van der Waals surface area contributed by atoms with Crippen LogP contribution in [0.3, 0.4) is 0 Å². The number of nitrogens with one attached hydrogen (secondary N) is 1. The first kappa shape index (κ1) is 10.7. The quantitative estimate of drug-likeness (QED) is 0.780. The van der Waals surface area contributed by atoms with Crippen LogP contribution in [0.4, 0.5) is 0 Å². The molecule has 1 N–H and O–H groups in total. The van der Waals surface area contributed by atoms with Gasteiger partial charge >= 0.3 is 0 Å². The van der Waals surface area contributed by atoms with Crippen molar-refractivity contribution in [2.75, 3.05) is 5.75 Å². The van der Waals surface area contributed by atoms with Gasteiger partial charge in [0.2, 0.25) is 0 Å². The van der Waals surface area contributed by atoms with Crippen LogP contribution in [-0.2, 0) is 4.79 Å². The Labute approximate surface area is 94.4 Å². The van der Waals surface area contributed by atoms with Crippen LogP contribution >= 0.6 is 11.8 Å². The van der Waals surface area contributed by atoms with E-state index >= 15 is 0 Å². The molecule has 1 aliphatic heterocycles. The van der Waals surface area contributed by atoms with Gasteiger partial charge < -0.3 is 5.32 Å². The number of thioether (sulfide) groups is 1. The third-order valence-electron chi connectivity index (χ3n) is 2.77. The molecule has 1 saturated carbocycles. The molecule has 0 aromatic rings. The first-order valence-electron chi connectivity index (χ1n) is 5.46. The molecule has 0 radical (unpaired) electrons. The minimum Gasteiger partial charge on any atom is -0.348 e. The molecule has 2 aliphatic rings. The lowest BCUT2D eigenvalue weighted by atomic mass is 9.95. The molecule has 0 bridgehead atoms. The highest BCUT2D eigenvalue weighted by Crippen LogP contribution is 2.21. The van der Waals surface area contributed by atoms with E-state index in [1.165, 1.54) is 31.0 Å². The van der Waals surface area contributed by atoms with E-state index in [0.717, 1.165) is 24.3 Å². The molecule has 82 valence electrons. The zero-order valence-electron chi connectivity index (χ0n) is 8.79. The summed E-state index contributed by atoms with van der Waals surface area (Å²) in [7, 11) is 0. The maximum Gasteiger partial charge on any atom is 0.276 e. The molecule has 3 nitrogen and oxygen atoms in total. The van der Waals surface area contributed by atoms with Crippen molar-refractivity contribution in [2.24, 2.45) is 4.99 Å². The number of hydrogen-bond donors (Lipinski definition) is 1. The lowest BCUT2D eigenvalue weighted by Crippen LogP contribution is -2.39. The van der Waals surface area contributed by atoms with Gasteiger partial charge in [0.15, 0.2) is 5.04 Å². The van der Waals surface area contributed by atoms with Gasteiger partial charge in [0.05, 0.1) is 0 Å². The number of carbonyl (C=O) groups excluding carboxylic acids is 1. The number of amides is 1. The summed E-state index contributed by atoms with van der Waals surface area (Å²) in [5.74, 6) is 0.749. The summed E-state index contributed by atoms with van der Waals surface area (Å²) in [6.07, 6.45) is 6.00. The molecule has 4 heteroatoms. The first-order valence-corrected chi connectivity index (χ1v) is 6.44. The summed E-state index contributed by atoms with van der Waals surface area (Å²) in [6.45, 7) is 3.75. The molecule has 2 rings (SSSR count). The van der Waals surface area contributed by atoms with Crippen LogP contribution in [0.25, 0.3) is 0 Å². The fraction of sp³-hybridized carbons (Fsp3) is 0.636. The van der Waals surface area contributed by atoms with E-state index in [1.54, 1.807) is 0 Å². The van der Waals surface area contributed by atoms with Gasteiger partial charge in [-0.25, -0.2) is 4.99 Å². The van der Waals surface area contributed by atoms with Gasteiger partial charge in [-0.2, -0.15) is 0 Å². The van der Waals surface area contributed by atoms with Gasteiger partial charge in [-0.3, -0.25) is 4.79 Å². The average molecular weight is 224 g/mol. The summed E-state index contributed by atoms with van der Waals surface area (Å²) in [5.41, 5.74) is 0.800. The van der Waals surface area contributed by atoms with Gasteiger partial charge in [0.25, 0.3) is 5.91 Å². The zero-order valence-corrected chi connectivity index (χ0v) is 9.61. The van der Waals surface area contributed by atoms with E-state index in [9.17, 15) is 4.79 Å². The third-order valence-corrected chi connectivity index (χ3v) is 3.80. The Kier molecular flexibility index (Phi) is 3.46. The van der Waals surface area contributed by atoms with Crippen LogP contribution in [-0.4, -0.2) is 22.7 Å². The molecular weight excluding hydrogens is 208 g/mol. The second kappa shape index (κ2) is 4.84. The highest BCUT2D eigenvalue weighted by Gasteiger charge is 2.22. The highest BCUT2D eigenvalue weighted by atomic mass is 32.2. The minimum atomic E-state index is -0.00875. The van der Waals surface area contributed by atoms with Gasteiger partial charge in [-0.05, 0) is 12.8 Å². The maximum atomic E-state index is 11.8. The smallest absolute Gasteiger partial charge is 0.276 e. The zero-order chi connectivity index (χ0) is 10.7. The fourth-order valence-electron chi connectivity index (χ4n) is 1.97. The van der Waals surface area contributed by atoms with Gasteiger partial charge in [-0.1, -0.05) is 37.6 Å². The standard InChI is InChI=1S/C11H16N2OS/c1-8-7-15-11(12-8)10(14)13-9-5-3-2-4-6-9/h9H,1-7H2,(H,13,14). The topological polar surface area (TPSA) is 41.5 Å². The lowest BCUT2D eigenvalue weighted by Gasteiger charge is -2.22. The Balaban J connectivity index is 1.86. The summed E-state index contributed by atoms with van der Waals surface area (Å²) >= 11 is 1.49. The summed E-state index contributed by atoms with van der Waals surface area (Å²) in [4.78, 5) is 15.9. The molecule has 0 spiro atoms. The van der Waals surface area contributed by atoms with Crippen LogP contribution in [0.2, 0.25) is 0 Å². The Morgan fingerprint density at radius 1 is 1.40 bits per heavy atom. The van der Waals surface area contributed by atoms with Crippen molar-refractivity contribution in [3.05, 3.63) is 12.3 Å². The van der Waals surface area contributed by atoms with E-state index in [4.69, 9.17) is 0 Å². The van der Waals surface area contributed by atoms with Gasteiger partial charge in [0.1, 0.15) is 0 Å².